The first-order valence-electron chi connectivity index (χ1n) is 9.72. The Bertz CT molecular complexity index is 988. The zero-order chi connectivity index (χ0) is 20.6. The number of halogens is 1. The van der Waals surface area contributed by atoms with Gasteiger partial charge in [-0.15, -0.1) is 0 Å². The van der Waals surface area contributed by atoms with Crippen LogP contribution in [0.15, 0.2) is 54.6 Å². The highest BCUT2D eigenvalue weighted by Crippen LogP contribution is 2.70. The molecule has 2 aromatic rings. The second-order valence-corrected chi connectivity index (χ2v) is 7.08. The van der Waals surface area contributed by atoms with E-state index in [0.29, 0.717) is 5.56 Å². The Hall–Kier alpha value is -3.15. The quantitative estimate of drug-likeness (QED) is 0.698. The summed E-state index contributed by atoms with van der Waals surface area (Å²) in [4.78, 5) is 27.2. The monoisotopic (exact) mass is 395 g/mol. The molecule has 0 radical (unpaired) electrons. The molecule has 0 unspecified atom stereocenters. The van der Waals surface area contributed by atoms with Crippen molar-refractivity contribution in [3.8, 4) is 0 Å². The molecular weight excluding hydrogens is 373 g/mol. The predicted molar refractivity (Wildman–Crippen MR) is 107 cm³/mol. The van der Waals surface area contributed by atoms with Crippen molar-refractivity contribution < 1.29 is 23.5 Å². The van der Waals surface area contributed by atoms with Crippen molar-refractivity contribution in [1.29, 1.82) is 0 Å². The van der Waals surface area contributed by atoms with E-state index in [9.17, 15) is 14.0 Å². The van der Waals surface area contributed by atoms with Crippen LogP contribution in [0.1, 0.15) is 30.9 Å². The van der Waals surface area contributed by atoms with E-state index in [1.54, 1.807) is 37.0 Å². The van der Waals surface area contributed by atoms with Gasteiger partial charge in [0.05, 0.1) is 30.4 Å². The van der Waals surface area contributed by atoms with Gasteiger partial charge in [0.15, 0.2) is 0 Å². The van der Waals surface area contributed by atoms with Gasteiger partial charge in [0, 0.05) is 5.92 Å². The third-order valence-electron chi connectivity index (χ3n) is 5.50. The van der Waals surface area contributed by atoms with Gasteiger partial charge in [0.25, 0.3) is 0 Å². The lowest BCUT2D eigenvalue weighted by Gasteiger charge is -2.28. The summed E-state index contributed by atoms with van der Waals surface area (Å²) in [6, 6.07) is 13.7. The van der Waals surface area contributed by atoms with E-state index in [1.165, 1.54) is 12.1 Å². The molecule has 0 bridgehead atoms. The molecule has 6 heteroatoms. The Morgan fingerprint density at radius 1 is 1.10 bits per heavy atom. The molecule has 0 spiro atoms. The number of ether oxygens (including phenoxy) is 2. The lowest BCUT2D eigenvalue weighted by atomic mass is 10.1. The van der Waals surface area contributed by atoms with Crippen LogP contribution in [0.5, 0.6) is 0 Å². The Morgan fingerprint density at radius 3 is 2.59 bits per heavy atom. The molecule has 1 aliphatic carbocycles. The number of hydrogen-bond donors (Lipinski definition) is 0. The number of fused-ring (bicyclic) bond motifs is 3. The summed E-state index contributed by atoms with van der Waals surface area (Å²) >= 11 is 0. The van der Waals surface area contributed by atoms with E-state index in [-0.39, 0.29) is 30.9 Å². The minimum absolute atomic E-state index is 0.218. The van der Waals surface area contributed by atoms with Gasteiger partial charge in [-0.25, -0.2) is 9.18 Å². The topological polar surface area (TPSA) is 55.8 Å². The largest absolute Gasteiger partial charge is 0.466 e. The first-order valence-corrected chi connectivity index (χ1v) is 9.72. The van der Waals surface area contributed by atoms with Gasteiger partial charge in [0.2, 0.25) is 0 Å². The van der Waals surface area contributed by atoms with Crippen molar-refractivity contribution in [3.05, 3.63) is 71.6 Å². The molecule has 0 saturated heterocycles. The van der Waals surface area contributed by atoms with E-state index in [4.69, 9.17) is 9.47 Å². The standard InChI is InChI=1S/C23H22FNO4/c1-3-28-21(26)20-19-17-10-5-6-11-18(17)25(22(27)29-4-2)23(19,20)13-12-15-8-7-9-16(24)14-15/h5-14,19-20H,3-4H2,1-2H3/b13-12+/t19-,20+,23-/m1/s1. The molecule has 1 heterocycles. The third-order valence-corrected chi connectivity index (χ3v) is 5.50. The second-order valence-electron chi connectivity index (χ2n) is 7.08. The number of rotatable bonds is 5. The van der Waals surface area contributed by atoms with Crippen molar-refractivity contribution in [3.63, 3.8) is 0 Å². The van der Waals surface area contributed by atoms with Crippen LogP contribution in [0, 0.1) is 11.7 Å². The summed E-state index contributed by atoms with van der Waals surface area (Å²) in [7, 11) is 0. The number of hydrogen-bond acceptors (Lipinski definition) is 4. The maximum atomic E-state index is 13.6. The predicted octanol–water partition coefficient (Wildman–Crippen LogP) is 4.53. The number of esters is 1. The summed E-state index contributed by atoms with van der Waals surface area (Å²) in [5, 5.41) is 0. The summed E-state index contributed by atoms with van der Waals surface area (Å²) in [6.45, 7) is 3.97. The van der Waals surface area contributed by atoms with Crippen molar-refractivity contribution in [2.75, 3.05) is 18.1 Å². The van der Waals surface area contributed by atoms with Gasteiger partial charge in [-0.1, -0.05) is 42.5 Å². The highest BCUT2D eigenvalue weighted by atomic mass is 19.1. The zero-order valence-electron chi connectivity index (χ0n) is 16.3. The number of benzene rings is 2. The van der Waals surface area contributed by atoms with Gasteiger partial charge in [-0.3, -0.25) is 9.69 Å². The fourth-order valence-corrected chi connectivity index (χ4v) is 4.39. The lowest BCUT2D eigenvalue weighted by molar-refractivity contribution is -0.145. The van der Waals surface area contributed by atoms with Crippen LogP contribution >= 0.6 is 0 Å². The Morgan fingerprint density at radius 2 is 1.86 bits per heavy atom. The Balaban J connectivity index is 1.81. The first kappa shape index (κ1) is 19.2. The molecule has 1 amide bonds. The highest BCUT2D eigenvalue weighted by Gasteiger charge is 2.77. The molecule has 2 aromatic carbocycles. The third kappa shape index (κ3) is 2.99. The number of amides is 1. The highest BCUT2D eigenvalue weighted by molar-refractivity contribution is 6.01. The number of carbonyl (C=O) groups is 2. The van der Waals surface area contributed by atoms with Crippen LogP contribution in [0.4, 0.5) is 14.9 Å². The molecule has 2 aliphatic rings. The Labute approximate surface area is 168 Å². The van der Waals surface area contributed by atoms with Crippen LogP contribution in [0.2, 0.25) is 0 Å². The molecule has 5 nitrogen and oxygen atoms in total. The van der Waals surface area contributed by atoms with E-state index < -0.39 is 17.6 Å². The van der Waals surface area contributed by atoms with E-state index in [1.807, 2.05) is 30.3 Å². The number of carbonyl (C=O) groups excluding carboxylic acids is 2. The molecule has 3 atom stereocenters. The molecule has 1 fully saturated rings. The van der Waals surface area contributed by atoms with Gasteiger partial charge < -0.3 is 9.47 Å². The first-order chi connectivity index (χ1) is 14.0. The summed E-state index contributed by atoms with van der Waals surface area (Å²) in [6.07, 6.45) is 3.04. The van der Waals surface area contributed by atoms with Crippen LogP contribution in [-0.4, -0.2) is 30.8 Å². The van der Waals surface area contributed by atoms with Crippen molar-refractivity contribution in [2.45, 2.75) is 25.3 Å². The number of anilines is 1. The molecule has 29 heavy (non-hydrogen) atoms. The van der Waals surface area contributed by atoms with E-state index in [0.717, 1.165) is 11.3 Å². The average Bonchev–Trinajstić information content (AvgIpc) is 3.27. The minimum atomic E-state index is -0.922. The Kier molecular flexibility index (Phi) is 4.86. The lowest BCUT2D eigenvalue weighted by Crippen LogP contribution is -2.43. The molecule has 1 saturated carbocycles. The molecule has 0 aromatic heterocycles. The van der Waals surface area contributed by atoms with Crippen molar-refractivity contribution in [2.24, 2.45) is 5.92 Å². The number of nitrogens with zero attached hydrogens (tertiary/aromatic N) is 1. The average molecular weight is 395 g/mol. The molecular formula is C23H22FNO4. The normalized spacial score (nSPS) is 24.2. The van der Waals surface area contributed by atoms with Gasteiger partial charge in [-0.05, 0) is 43.2 Å². The second kappa shape index (κ2) is 7.35. The van der Waals surface area contributed by atoms with Crippen LogP contribution in [0.25, 0.3) is 6.08 Å². The summed E-state index contributed by atoms with van der Waals surface area (Å²) in [5.74, 6) is -1.47. The van der Waals surface area contributed by atoms with Gasteiger partial charge in [-0.2, -0.15) is 0 Å². The zero-order valence-corrected chi connectivity index (χ0v) is 16.3. The minimum Gasteiger partial charge on any atom is -0.466 e. The fourth-order valence-electron chi connectivity index (χ4n) is 4.39. The van der Waals surface area contributed by atoms with Crippen LogP contribution in [-0.2, 0) is 14.3 Å². The molecule has 4 rings (SSSR count). The number of para-hydroxylation sites is 1. The smallest absolute Gasteiger partial charge is 0.415 e. The summed E-state index contributed by atoms with van der Waals surface area (Å²) in [5.41, 5.74) is 1.35. The van der Waals surface area contributed by atoms with Gasteiger partial charge in [0.1, 0.15) is 5.82 Å². The van der Waals surface area contributed by atoms with Crippen LogP contribution < -0.4 is 4.90 Å². The molecule has 1 aliphatic heterocycles. The molecule has 150 valence electrons. The van der Waals surface area contributed by atoms with E-state index >= 15 is 0 Å². The van der Waals surface area contributed by atoms with E-state index in [2.05, 4.69) is 0 Å². The van der Waals surface area contributed by atoms with Gasteiger partial charge >= 0.3 is 12.1 Å². The fraction of sp³-hybridized carbons (Fsp3) is 0.304. The molecule has 0 N–H and O–H groups in total. The maximum Gasteiger partial charge on any atom is 0.415 e. The van der Waals surface area contributed by atoms with Crippen molar-refractivity contribution >= 4 is 23.8 Å². The van der Waals surface area contributed by atoms with Crippen molar-refractivity contribution in [1.82, 2.24) is 0 Å². The summed E-state index contributed by atoms with van der Waals surface area (Å²) < 4.78 is 24.2. The van der Waals surface area contributed by atoms with Crippen LogP contribution in [0.3, 0.4) is 0 Å². The maximum absolute atomic E-state index is 13.6. The SMILES string of the molecule is CCOC(=O)[C@@H]1[C@H]2c3ccccc3N(C(=O)OCC)[C@@]12/C=C/c1cccc(F)c1.